The highest BCUT2D eigenvalue weighted by atomic mass is 32.2. The fraction of sp³-hybridized carbons (Fsp3) is 0.643. The van der Waals surface area contributed by atoms with E-state index in [1.54, 1.807) is 18.0 Å². The number of carbonyl (C=O) groups is 1. The Kier molecular flexibility index (Phi) is 4.99. The summed E-state index contributed by atoms with van der Waals surface area (Å²) in [6.07, 6.45) is 5.01. The molecule has 1 aliphatic carbocycles. The Hall–Kier alpha value is -1.14. The standard InChI is InChI=1S/C14H21N3O2S/c1-3-16-14(12(18)19)7-4-5-11(9-14)20-13-15-8-6-10(2)17-13/h6,8,11,16H,3-5,7,9H2,1-2H3,(H,18,19). The van der Waals surface area contributed by atoms with E-state index in [0.717, 1.165) is 23.7 Å². The lowest BCUT2D eigenvalue weighted by atomic mass is 9.81. The number of carboxylic acid groups (broad SMARTS) is 1. The highest BCUT2D eigenvalue weighted by molar-refractivity contribution is 7.99. The second-order valence-electron chi connectivity index (χ2n) is 5.23. The summed E-state index contributed by atoms with van der Waals surface area (Å²) < 4.78 is 0. The Labute approximate surface area is 123 Å². The lowest BCUT2D eigenvalue weighted by molar-refractivity contribution is -0.146. The predicted octanol–water partition coefficient (Wildman–Crippen LogP) is 2.25. The van der Waals surface area contributed by atoms with Gasteiger partial charge in [0, 0.05) is 17.1 Å². The van der Waals surface area contributed by atoms with Gasteiger partial charge < -0.3 is 10.4 Å². The van der Waals surface area contributed by atoms with Gasteiger partial charge in [0.25, 0.3) is 0 Å². The molecule has 0 saturated heterocycles. The van der Waals surface area contributed by atoms with E-state index in [9.17, 15) is 9.90 Å². The number of aliphatic carboxylic acids is 1. The summed E-state index contributed by atoms with van der Waals surface area (Å²) in [7, 11) is 0. The second kappa shape index (κ2) is 6.54. The normalized spacial score (nSPS) is 26.4. The number of carboxylic acids is 1. The van der Waals surface area contributed by atoms with Crippen LogP contribution in [0.3, 0.4) is 0 Å². The third-order valence-electron chi connectivity index (χ3n) is 3.68. The fourth-order valence-electron chi connectivity index (χ4n) is 2.73. The van der Waals surface area contributed by atoms with E-state index in [1.807, 2.05) is 19.9 Å². The van der Waals surface area contributed by atoms with Crippen LogP contribution in [0, 0.1) is 6.92 Å². The second-order valence-corrected chi connectivity index (χ2v) is 6.50. The summed E-state index contributed by atoms with van der Waals surface area (Å²) in [6.45, 7) is 4.56. The molecule has 0 aliphatic heterocycles. The molecule has 2 rings (SSSR count). The van der Waals surface area contributed by atoms with Gasteiger partial charge in [-0.15, -0.1) is 0 Å². The number of aryl methyl sites for hydroxylation is 1. The Bertz CT molecular complexity index is 479. The first-order valence-electron chi connectivity index (χ1n) is 7.00. The van der Waals surface area contributed by atoms with Crippen LogP contribution >= 0.6 is 11.8 Å². The molecule has 1 aliphatic rings. The van der Waals surface area contributed by atoms with Crippen molar-refractivity contribution in [1.82, 2.24) is 15.3 Å². The van der Waals surface area contributed by atoms with Gasteiger partial charge in [-0.2, -0.15) is 0 Å². The third-order valence-corrected chi connectivity index (χ3v) is 4.82. The molecule has 0 amide bonds. The summed E-state index contributed by atoms with van der Waals surface area (Å²) in [5.41, 5.74) is 0.156. The highest BCUT2D eigenvalue weighted by Gasteiger charge is 2.42. The van der Waals surface area contributed by atoms with Gasteiger partial charge in [-0.25, -0.2) is 9.97 Å². The number of thioether (sulfide) groups is 1. The Morgan fingerprint density at radius 1 is 1.65 bits per heavy atom. The number of nitrogens with zero attached hydrogens (tertiary/aromatic N) is 2. The minimum Gasteiger partial charge on any atom is -0.480 e. The van der Waals surface area contributed by atoms with Crippen molar-refractivity contribution in [2.75, 3.05) is 6.54 Å². The minimum atomic E-state index is -0.783. The molecule has 110 valence electrons. The largest absolute Gasteiger partial charge is 0.480 e. The van der Waals surface area contributed by atoms with E-state index in [0.29, 0.717) is 19.4 Å². The van der Waals surface area contributed by atoms with Gasteiger partial charge in [0.15, 0.2) is 5.16 Å². The quantitative estimate of drug-likeness (QED) is 0.812. The SMILES string of the molecule is CCNC1(C(=O)O)CCCC(Sc2nccc(C)n2)C1. The average Bonchev–Trinajstić information content (AvgIpc) is 2.39. The summed E-state index contributed by atoms with van der Waals surface area (Å²) in [4.78, 5) is 20.3. The van der Waals surface area contributed by atoms with Crippen LogP contribution in [0.15, 0.2) is 17.4 Å². The van der Waals surface area contributed by atoms with Crippen LogP contribution in [0.4, 0.5) is 0 Å². The fourth-order valence-corrected chi connectivity index (χ4v) is 3.99. The number of hydrogen-bond donors (Lipinski definition) is 2. The first kappa shape index (κ1) is 15.3. The first-order chi connectivity index (χ1) is 9.55. The smallest absolute Gasteiger partial charge is 0.323 e. The van der Waals surface area contributed by atoms with Gasteiger partial charge in [-0.05, 0) is 45.2 Å². The molecule has 20 heavy (non-hydrogen) atoms. The molecule has 0 radical (unpaired) electrons. The van der Waals surface area contributed by atoms with Crippen LogP contribution in [0.5, 0.6) is 0 Å². The van der Waals surface area contributed by atoms with E-state index in [4.69, 9.17) is 0 Å². The maximum absolute atomic E-state index is 11.6. The predicted molar refractivity (Wildman–Crippen MR) is 78.9 cm³/mol. The van der Waals surface area contributed by atoms with Crippen molar-refractivity contribution < 1.29 is 9.90 Å². The zero-order chi connectivity index (χ0) is 14.6. The van der Waals surface area contributed by atoms with Gasteiger partial charge in [-0.3, -0.25) is 4.79 Å². The van der Waals surface area contributed by atoms with Crippen molar-refractivity contribution in [2.45, 2.75) is 55.5 Å². The van der Waals surface area contributed by atoms with E-state index in [-0.39, 0.29) is 5.25 Å². The molecule has 0 bridgehead atoms. The molecule has 1 aromatic heterocycles. The molecule has 0 spiro atoms. The number of hydrogen-bond acceptors (Lipinski definition) is 5. The van der Waals surface area contributed by atoms with Crippen LogP contribution in [0.25, 0.3) is 0 Å². The lowest BCUT2D eigenvalue weighted by Crippen LogP contribution is -2.55. The molecule has 1 aromatic rings. The van der Waals surface area contributed by atoms with Crippen LogP contribution in [0.2, 0.25) is 0 Å². The van der Waals surface area contributed by atoms with Crippen molar-refractivity contribution in [1.29, 1.82) is 0 Å². The number of rotatable bonds is 5. The molecule has 1 fully saturated rings. The molecule has 5 nitrogen and oxygen atoms in total. The van der Waals surface area contributed by atoms with Crippen molar-refractivity contribution in [2.24, 2.45) is 0 Å². The first-order valence-corrected chi connectivity index (χ1v) is 7.88. The van der Waals surface area contributed by atoms with Crippen LogP contribution in [0.1, 0.15) is 38.3 Å². The average molecular weight is 295 g/mol. The molecular weight excluding hydrogens is 274 g/mol. The van der Waals surface area contributed by atoms with Gasteiger partial charge in [-0.1, -0.05) is 18.7 Å². The van der Waals surface area contributed by atoms with Crippen molar-refractivity contribution in [3.8, 4) is 0 Å². The molecule has 2 atom stereocenters. The van der Waals surface area contributed by atoms with Crippen LogP contribution in [-0.4, -0.2) is 38.4 Å². The molecule has 1 heterocycles. The number of nitrogens with one attached hydrogen (secondary N) is 1. The molecule has 2 unspecified atom stereocenters. The Balaban J connectivity index is 2.08. The van der Waals surface area contributed by atoms with E-state index >= 15 is 0 Å². The summed E-state index contributed by atoms with van der Waals surface area (Å²) >= 11 is 1.60. The van der Waals surface area contributed by atoms with Crippen molar-refractivity contribution in [3.63, 3.8) is 0 Å². The lowest BCUT2D eigenvalue weighted by Gasteiger charge is -2.37. The molecule has 1 saturated carbocycles. The molecule has 0 aromatic carbocycles. The van der Waals surface area contributed by atoms with Gasteiger partial charge >= 0.3 is 5.97 Å². The van der Waals surface area contributed by atoms with E-state index in [1.165, 1.54) is 0 Å². The minimum absolute atomic E-state index is 0.251. The third kappa shape index (κ3) is 3.49. The Morgan fingerprint density at radius 3 is 3.10 bits per heavy atom. The van der Waals surface area contributed by atoms with Crippen molar-refractivity contribution >= 4 is 17.7 Å². The van der Waals surface area contributed by atoms with E-state index < -0.39 is 11.5 Å². The Morgan fingerprint density at radius 2 is 2.45 bits per heavy atom. The number of likely N-dealkylation sites (N-methyl/N-ethyl adjacent to an activating group) is 1. The highest BCUT2D eigenvalue weighted by Crippen LogP contribution is 2.37. The van der Waals surface area contributed by atoms with Crippen molar-refractivity contribution in [3.05, 3.63) is 18.0 Å². The van der Waals surface area contributed by atoms with Crippen LogP contribution < -0.4 is 5.32 Å². The zero-order valence-electron chi connectivity index (χ0n) is 11.9. The summed E-state index contributed by atoms with van der Waals surface area (Å²) in [5, 5.41) is 13.7. The van der Waals surface area contributed by atoms with Crippen LogP contribution in [-0.2, 0) is 4.79 Å². The molecule has 6 heteroatoms. The summed E-state index contributed by atoms with van der Waals surface area (Å²) in [5.74, 6) is -0.741. The van der Waals surface area contributed by atoms with Gasteiger partial charge in [0.05, 0.1) is 0 Å². The summed E-state index contributed by atoms with van der Waals surface area (Å²) in [6, 6.07) is 1.87. The van der Waals surface area contributed by atoms with E-state index in [2.05, 4.69) is 15.3 Å². The molecular formula is C14H21N3O2S. The zero-order valence-corrected chi connectivity index (χ0v) is 12.7. The topological polar surface area (TPSA) is 75.1 Å². The monoisotopic (exact) mass is 295 g/mol. The number of aromatic nitrogens is 2. The maximum Gasteiger partial charge on any atom is 0.323 e. The molecule has 2 N–H and O–H groups in total. The van der Waals surface area contributed by atoms with Gasteiger partial charge in [0.2, 0.25) is 0 Å². The van der Waals surface area contributed by atoms with Gasteiger partial charge in [0.1, 0.15) is 5.54 Å². The maximum atomic E-state index is 11.6.